The van der Waals surface area contributed by atoms with Crippen LogP contribution in [0.25, 0.3) is 0 Å². The van der Waals surface area contributed by atoms with Gasteiger partial charge in [-0.05, 0) is 90.7 Å². The zero-order valence-corrected chi connectivity index (χ0v) is 35.0. The first-order valence-corrected chi connectivity index (χ1v) is 21.3. The first-order valence-electron chi connectivity index (χ1n) is 20.9. The molecule has 0 radical (unpaired) electrons. The fourth-order valence-corrected chi connectivity index (χ4v) is 9.39. The number of unbranched alkanes of at least 4 members (excludes halogenated alkanes) is 2. The lowest BCUT2D eigenvalue weighted by Gasteiger charge is -2.56. The number of hydrogen-bond donors (Lipinski definition) is 0. The summed E-state index contributed by atoms with van der Waals surface area (Å²) in [6.07, 6.45) is 19.3. The second kappa shape index (κ2) is 17.0. The van der Waals surface area contributed by atoms with E-state index in [-0.39, 0.29) is 39.3 Å². The summed E-state index contributed by atoms with van der Waals surface area (Å²) in [5, 5.41) is 4.93. The molecule has 2 atom stereocenters. The van der Waals surface area contributed by atoms with Gasteiger partial charge in [-0.1, -0.05) is 92.9 Å². The van der Waals surface area contributed by atoms with Gasteiger partial charge >= 0.3 is 0 Å². The zero-order valence-electron chi connectivity index (χ0n) is 34.3. The molecule has 4 aliphatic rings. The second-order valence-electron chi connectivity index (χ2n) is 19.1. The van der Waals surface area contributed by atoms with Gasteiger partial charge in [0.15, 0.2) is 0 Å². The molecule has 1 aromatic rings. The predicted octanol–water partition coefficient (Wildman–Crippen LogP) is 10.0. The number of nitrogens with zero attached hydrogens (tertiary/aromatic N) is 7. The van der Waals surface area contributed by atoms with Crippen LogP contribution in [0.1, 0.15) is 172 Å². The van der Waals surface area contributed by atoms with Gasteiger partial charge in [-0.2, -0.15) is 25.1 Å². The molecule has 0 aromatic carbocycles. The molecule has 9 nitrogen and oxygen atoms in total. The summed E-state index contributed by atoms with van der Waals surface area (Å²) in [6, 6.07) is 0.437. The molecule has 0 amide bonds. The molecule has 2 saturated heterocycles. The Morgan fingerprint density at radius 3 is 1.33 bits per heavy atom. The third-order valence-corrected chi connectivity index (χ3v) is 12.8. The number of piperidine rings is 2. The molecule has 10 heteroatoms. The van der Waals surface area contributed by atoms with Crippen molar-refractivity contribution < 1.29 is 9.68 Å². The van der Waals surface area contributed by atoms with E-state index in [1.54, 1.807) is 0 Å². The third-order valence-electron chi connectivity index (χ3n) is 12.7. The maximum Gasteiger partial charge on any atom is 0.231 e. The topological polar surface area (TPSA) is 70.1 Å². The lowest BCUT2D eigenvalue weighted by Crippen LogP contribution is -2.64. The predicted molar refractivity (Wildman–Crippen MR) is 211 cm³/mol. The second-order valence-corrected chi connectivity index (χ2v) is 19.5. The SMILES string of the molecule is CCCCN(c1nc(Cl)nc(N(CCCC)C2CC(C)(C)N(OC3CCCCC3)CC2(C)C)n1)C1CC(C)(C)N(OC2CCCCC2)CC1(C)C. The van der Waals surface area contributed by atoms with Crippen molar-refractivity contribution >= 4 is 23.5 Å². The van der Waals surface area contributed by atoms with E-state index in [9.17, 15) is 0 Å². The van der Waals surface area contributed by atoms with Crippen molar-refractivity contribution in [2.24, 2.45) is 10.8 Å². The first-order chi connectivity index (χ1) is 24.1. The van der Waals surface area contributed by atoms with E-state index in [0.29, 0.717) is 24.1 Å². The largest absolute Gasteiger partial charge is 0.337 e. The van der Waals surface area contributed by atoms with E-state index < -0.39 is 0 Å². The number of aromatic nitrogens is 3. The van der Waals surface area contributed by atoms with Crippen LogP contribution < -0.4 is 9.80 Å². The molecule has 0 spiro atoms. The van der Waals surface area contributed by atoms with Gasteiger partial charge in [-0.25, -0.2) is 0 Å². The minimum atomic E-state index is -0.127. The van der Waals surface area contributed by atoms with Crippen LogP contribution >= 0.6 is 11.6 Å². The fraction of sp³-hybridized carbons (Fsp3) is 0.927. The van der Waals surface area contributed by atoms with Crippen LogP contribution in [0.4, 0.5) is 11.9 Å². The summed E-state index contributed by atoms with van der Waals surface area (Å²) in [7, 11) is 0. The van der Waals surface area contributed by atoms with Crippen molar-refractivity contribution in [2.45, 2.75) is 207 Å². The highest BCUT2D eigenvalue weighted by atomic mass is 35.5. The molecule has 1 aromatic heterocycles. The first kappa shape index (κ1) is 40.9. The van der Waals surface area contributed by atoms with Crippen molar-refractivity contribution in [1.82, 2.24) is 25.1 Å². The third kappa shape index (κ3) is 10.1. The molecular formula is C41H74ClN7O2. The van der Waals surface area contributed by atoms with Crippen LogP contribution in [0.15, 0.2) is 0 Å². The molecule has 2 saturated carbocycles. The fourth-order valence-electron chi connectivity index (χ4n) is 9.24. The van der Waals surface area contributed by atoms with Crippen molar-refractivity contribution in [3.05, 3.63) is 5.28 Å². The van der Waals surface area contributed by atoms with Crippen LogP contribution in [0.5, 0.6) is 0 Å². The molecule has 2 aliphatic carbocycles. The minimum Gasteiger partial charge on any atom is -0.337 e. The van der Waals surface area contributed by atoms with Gasteiger partial charge in [0, 0.05) is 60.2 Å². The summed E-state index contributed by atoms with van der Waals surface area (Å²) >= 11 is 6.93. The Kier molecular flexibility index (Phi) is 13.7. The summed E-state index contributed by atoms with van der Waals surface area (Å²) in [4.78, 5) is 33.8. The van der Waals surface area contributed by atoms with Crippen LogP contribution in [-0.2, 0) is 9.68 Å². The van der Waals surface area contributed by atoms with Gasteiger partial charge in [0.05, 0.1) is 12.2 Å². The van der Waals surface area contributed by atoms with Gasteiger partial charge in [0.25, 0.3) is 0 Å². The Labute approximate surface area is 316 Å². The standard InChI is InChI=1S/C41H74ClN7O2/c1-11-13-25-46(33-27-40(7,8)48(29-38(33,3)4)50-31-21-17-15-18-22-31)36-43-35(42)44-37(45-36)47(26-14-12-2)34-28-41(9,10)49(30-39(34,5)6)51-32-23-19-16-20-24-32/h31-34H,11-30H2,1-10H3. The Balaban J connectivity index is 1.44. The average Bonchev–Trinajstić information content (AvgIpc) is 3.06. The van der Waals surface area contributed by atoms with Crippen molar-refractivity contribution in [2.75, 3.05) is 36.0 Å². The number of rotatable bonds is 14. The molecule has 292 valence electrons. The average molecular weight is 733 g/mol. The summed E-state index contributed by atoms with van der Waals surface area (Å²) in [5.41, 5.74) is -0.372. The van der Waals surface area contributed by atoms with E-state index >= 15 is 0 Å². The van der Waals surface area contributed by atoms with Crippen LogP contribution in [0.2, 0.25) is 5.28 Å². The lowest BCUT2D eigenvalue weighted by molar-refractivity contribution is -0.279. The number of hydrogen-bond acceptors (Lipinski definition) is 9. The highest BCUT2D eigenvalue weighted by Gasteiger charge is 2.51. The molecule has 51 heavy (non-hydrogen) atoms. The number of hydroxylamine groups is 4. The molecule has 2 aliphatic heterocycles. The maximum atomic E-state index is 6.93. The van der Waals surface area contributed by atoms with Crippen LogP contribution in [0.3, 0.4) is 0 Å². The van der Waals surface area contributed by atoms with E-state index in [0.717, 1.165) is 64.7 Å². The maximum absolute atomic E-state index is 6.93. The molecule has 4 fully saturated rings. The highest BCUT2D eigenvalue weighted by molar-refractivity contribution is 6.28. The lowest BCUT2D eigenvalue weighted by atomic mass is 9.72. The van der Waals surface area contributed by atoms with Gasteiger partial charge < -0.3 is 9.80 Å². The van der Waals surface area contributed by atoms with Gasteiger partial charge in [0.1, 0.15) is 0 Å². The monoisotopic (exact) mass is 732 g/mol. The Hall–Kier alpha value is -1.26. The van der Waals surface area contributed by atoms with E-state index in [1.165, 1.54) is 64.2 Å². The summed E-state index contributed by atoms with van der Waals surface area (Å²) < 4.78 is 0. The molecule has 0 bridgehead atoms. The van der Waals surface area contributed by atoms with Crippen LogP contribution in [0, 0.1) is 10.8 Å². The van der Waals surface area contributed by atoms with Crippen molar-refractivity contribution in [1.29, 1.82) is 0 Å². The molecule has 2 unspecified atom stereocenters. The normalized spacial score (nSPS) is 27.4. The molecule has 5 rings (SSSR count). The zero-order chi connectivity index (χ0) is 37.0. The van der Waals surface area contributed by atoms with E-state index in [2.05, 4.69) is 89.2 Å². The molecular weight excluding hydrogens is 658 g/mol. The minimum absolute atomic E-state index is 0.0593. The van der Waals surface area contributed by atoms with Crippen molar-refractivity contribution in [3.8, 4) is 0 Å². The highest BCUT2D eigenvalue weighted by Crippen LogP contribution is 2.45. The quantitative estimate of drug-likeness (QED) is 0.186. The van der Waals surface area contributed by atoms with Gasteiger partial charge in [-0.3, -0.25) is 9.68 Å². The van der Waals surface area contributed by atoms with E-state index in [4.69, 9.17) is 36.2 Å². The number of halogens is 1. The summed E-state index contributed by atoms with van der Waals surface area (Å²) in [5.74, 6) is 1.43. The number of anilines is 2. The van der Waals surface area contributed by atoms with E-state index in [1.807, 2.05) is 0 Å². The Morgan fingerprint density at radius 1 is 0.608 bits per heavy atom. The van der Waals surface area contributed by atoms with Gasteiger partial charge in [-0.15, -0.1) is 0 Å². The van der Waals surface area contributed by atoms with Gasteiger partial charge in [0.2, 0.25) is 17.2 Å². The molecule has 3 heterocycles. The smallest absolute Gasteiger partial charge is 0.231 e. The Morgan fingerprint density at radius 2 is 0.980 bits per heavy atom. The Bertz CT molecular complexity index is 1160. The van der Waals surface area contributed by atoms with Crippen molar-refractivity contribution in [3.63, 3.8) is 0 Å². The van der Waals surface area contributed by atoms with Crippen LogP contribution in [-0.4, -0.2) is 86.6 Å². The summed E-state index contributed by atoms with van der Waals surface area (Å²) in [6.45, 7) is 27.0. The molecule has 0 N–H and O–H groups in total.